The molecule has 0 radical (unpaired) electrons. The predicted molar refractivity (Wildman–Crippen MR) is 85.5 cm³/mol. The second kappa shape index (κ2) is 10.4. The zero-order valence-corrected chi connectivity index (χ0v) is 13.4. The van der Waals surface area contributed by atoms with Crippen LogP contribution in [-0.2, 0) is 4.74 Å². The van der Waals surface area contributed by atoms with Gasteiger partial charge in [0.25, 0.3) is 0 Å². The summed E-state index contributed by atoms with van der Waals surface area (Å²) in [5.74, 6) is 1.82. The SMILES string of the molecule is CCOCCCNC(=S)NCCC1CCCC(C)C1. The summed E-state index contributed by atoms with van der Waals surface area (Å²) in [5.41, 5.74) is 0. The topological polar surface area (TPSA) is 33.3 Å². The first kappa shape index (κ1) is 16.7. The average Bonchev–Trinajstić information content (AvgIpc) is 2.38. The van der Waals surface area contributed by atoms with E-state index in [9.17, 15) is 0 Å². The van der Waals surface area contributed by atoms with Crippen LogP contribution in [0.2, 0.25) is 0 Å². The number of hydrogen-bond donors (Lipinski definition) is 2. The van der Waals surface area contributed by atoms with E-state index in [-0.39, 0.29) is 0 Å². The Bertz CT molecular complexity index is 248. The van der Waals surface area contributed by atoms with E-state index in [4.69, 9.17) is 17.0 Å². The van der Waals surface area contributed by atoms with E-state index in [2.05, 4.69) is 17.6 Å². The summed E-state index contributed by atoms with van der Waals surface area (Å²) >= 11 is 5.26. The van der Waals surface area contributed by atoms with Gasteiger partial charge in [0.15, 0.2) is 5.11 Å². The first-order chi connectivity index (χ1) is 9.22. The zero-order chi connectivity index (χ0) is 13.9. The zero-order valence-electron chi connectivity index (χ0n) is 12.5. The minimum atomic E-state index is 0.792. The van der Waals surface area contributed by atoms with E-state index in [1.807, 2.05) is 6.92 Å². The van der Waals surface area contributed by atoms with Gasteiger partial charge in [-0.3, -0.25) is 0 Å². The monoisotopic (exact) mass is 286 g/mol. The number of ether oxygens (including phenoxy) is 1. The van der Waals surface area contributed by atoms with Crippen LogP contribution >= 0.6 is 12.2 Å². The highest BCUT2D eigenvalue weighted by Gasteiger charge is 2.18. The summed E-state index contributed by atoms with van der Waals surface area (Å²) in [6.07, 6.45) is 7.90. The number of hydrogen-bond acceptors (Lipinski definition) is 2. The first-order valence-corrected chi connectivity index (χ1v) is 8.22. The summed E-state index contributed by atoms with van der Waals surface area (Å²) < 4.78 is 5.28. The van der Waals surface area contributed by atoms with Crippen LogP contribution in [-0.4, -0.2) is 31.4 Å². The van der Waals surface area contributed by atoms with E-state index in [0.717, 1.165) is 49.7 Å². The average molecular weight is 286 g/mol. The molecule has 0 amide bonds. The molecule has 0 spiro atoms. The Kier molecular flexibility index (Phi) is 9.18. The van der Waals surface area contributed by atoms with Crippen molar-refractivity contribution in [3.63, 3.8) is 0 Å². The van der Waals surface area contributed by atoms with Crippen LogP contribution in [0.3, 0.4) is 0 Å². The third kappa shape index (κ3) is 8.43. The third-order valence-corrected chi connectivity index (χ3v) is 4.13. The van der Waals surface area contributed by atoms with Crippen molar-refractivity contribution in [2.45, 2.75) is 52.4 Å². The van der Waals surface area contributed by atoms with Crippen molar-refractivity contribution in [3.8, 4) is 0 Å². The highest BCUT2D eigenvalue weighted by atomic mass is 32.1. The van der Waals surface area contributed by atoms with Gasteiger partial charge in [-0.1, -0.05) is 26.2 Å². The van der Waals surface area contributed by atoms with Crippen molar-refractivity contribution in [2.75, 3.05) is 26.3 Å². The number of rotatable bonds is 8. The molecule has 1 saturated carbocycles. The van der Waals surface area contributed by atoms with E-state index < -0.39 is 0 Å². The van der Waals surface area contributed by atoms with Gasteiger partial charge in [-0.2, -0.15) is 0 Å². The molecule has 0 aliphatic heterocycles. The van der Waals surface area contributed by atoms with Gasteiger partial charge in [-0.05, 0) is 50.2 Å². The Morgan fingerprint density at radius 2 is 2.05 bits per heavy atom. The molecule has 19 heavy (non-hydrogen) atoms. The van der Waals surface area contributed by atoms with Crippen molar-refractivity contribution in [3.05, 3.63) is 0 Å². The van der Waals surface area contributed by atoms with Crippen LogP contribution in [0.5, 0.6) is 0 Å². The lowest BCUT2D eigenvalue weighted by molar-refractivity contribution is 0.145. The maximum absolute atomic E-state index is 5.28. The van der Waals surface area contributed by atoms with Crippen LogP contribution in [0.1, 0.15) is 52.4 Å². The smallest absolute Gasteiger partial charge is 0.166 e. The second-order valence-electron chi connectivity index (χ2n) is 5.66. The van der Waals surface area contributed by atoms with Crippen LogP contribution in [0.4, 0.5) is 0 Å². The molecule has 0 bridgehead atoms. The Morgan fingerprint density at radius 3 is 2.79 bits per heavy atom. The standard InChI is InChI=1S/C15H30N2OS/c1-3-18-11-5-9-16-15(19)17-10-8-14-7-4-6-13(2)12-14/h13-14H,3-12H2,1-2H3,(H2,16,17,19). The summed E-state index contributed by atoms with van der Waals surface area (Å²) in [5, 5.41) is 7.34. The Balaban J connectivity index is 1.94. The lowest BCUT2D eigenvalue weighted by Gasteiger charge is -2.26. The summed E-state index contributed by atoms with van der Waals surface area (Å²) in [7, 11) is 0. The Hall–Kier alpha value is -0.350. The van der Waals surface area contributed by atoms with Crippen molar-refractivity contribution in [1.29, 1.82) is 0 Å². The molecule has 0 heterocycles. The highest BCUT2D eigenvalue weighted by Crippen LogP contribution is 2.30. The maximum atomic E-state index is 5.28. The summed E-state index contributed by atoms with van der Waals surface area (Å²) in [4.78, 5) is 0. The molecular weight excluding hydrogens is 256 g/mol. The van der Waals surface area contributed by atoms with E-state index >= 15 is 0 Å². The predicted octanol–water partition coefficient (Wildman–Crippen LogP) is 3.09. The molecule has 1 fully saturated rings. The molecule has 2 N–H and O–H groups in total. The molecule has 1 aliphatic carbocycles. The van der Waals surface area contributed by atoms with Crippen molar-refractivity contribution < 1.29 is 4.74 Å². The van der Waals surface area contributed by atoms with Gasteiger partial charge in [0.1, 0.15) is 0 Å². The van der Waals surface area contributed by atoms with Gasteiger partial charge in [-0.15, -0.1) is 0 Å². The molecule has 3 nitrogen and oxygen atoms in total. The summed E-state index contributed by atoms with van der Waals surface area (Å²) in [6, 6.07) is 0. The minimum Gasteiger partial charge on any atom is -0.382 e. The molecule has 2 atom stereocenters. The normalized spacial score (nSPS) is 23.1. The van der Waals surface area contributed by atoms with Gasteiger partial charge in [0.05, 0.1) is 0 Å². The number of nitrogens with one attached hydrogen (secondary N) is 2. The van der Waals surface area contributed by atoms with Crippen LogP contribution in [0, 0.1) is 11.8 Å². The van der Waals surface area contributed by atoms with Gasteiger partial charge in [0.2, 0.25) is 0 Å². The van der Waals surface area contributed by atoms with Crippen LogP contribution < -0.4 is 10.6 Å². The quantitative estimate of drug-likeness (QED) is 0.531. The van der Waals surface area contributed by atoms with E-state index in [1.165, 1.54) is 32.1 Å². The Labute approximate surface area is 123 Å². The molecule has 1 rings (SSSR count). The molecule has 0 aromatic rings. The lowest BCUT2D eigenvalue weighted by atomic mass is 9.81. The molecule has 0 aromatic carbocycles. The maximum Gasteiger partial charge on any atom is 0.166 e. The van der Waals surface area contributed by atoms with E-state index in [1.54, 1.807) is 0 Å². The van der Waals surface area contributed by atoms with Crippen LogP contribution in [0.25, 0.3) is 0 Å². The fourth-order valence-corrected chi connectivity index (χ4v) is 3.00. The first-order valence-electron chi connectivity index (χ1n) is 7.81. The highest BCUT2D eigenvalue weighted by molar-refractivity contribution is 7.80. The molecule has 0 aromatic heterocycles. The fraction of sp³-hybridized carbons (Fsp3) is 0.933. The second-order valence-corrected chi connectivity index (χ2v) is 6.07. The third-order valence-electron chi connectivity index (χ3n) is 3.84. The largest absolute Gasteiger partial charge is 0.382 e. The molecule has 0 saturated heterocycles. The van der Waals surface area contributed by atoms with Crippen molar-refractivity contribution in [1.82, 2.24) is 10.6 Å². The van der Waals surface area contributed by atoms with Gasteiger partial charge < -0.3 is 15.4 Å². The molecule has 1 aliphatic rings. The molecule has 112 valence electrons. The van der Waals surface area contributed by atoms with Crippen molar-refractivity contribution in [2.24, 2.45) is 11.8 Å². The molecule has 4 heteroatoms. The number of thiocarbonyl (C=S) groups is 1. The molecule has 2 unspecified atom stereocenters. The van der Waals surface area contributed by atoms with Gasteiger partial charge in [0, 0.05) is 26.3 Å². The van der Waals surface area contributed by atoms with Gasteiger partial charge >= 0.3 is 0 Å². The minimum absolute atomic E-state index is 0.792. The van der Waals surface area contributed by atoms with E-state index in [0.29, 0.717) is 0 Å². The van der Waals surface area contributed by atoms with Crippen LogP contribution in [0.15, 0.2) is 0 Å². The lowest BCUT2D eigenvalue weighted by Crippen LogP contribution is -2.37. The fourth-order valence-electron chi connectivity index (χ4n) is 2.79. The molecular formula is C15H30N2OS. The van der Waals surface area contributed by atoms with Gasteiger partial charge in [-0.25, -0.2) is 0 Å². The van der Waals surface area contributed by atoms with Crippen molar-refractivity contribution >= 4 is 17.3 Å². The summed E-state index contributed by atoms with van der Waals surface area (Å²) in [6.45, 7) is 7.91. The Morgan fingerprint density at radius 1 is 1.26 bits per heavy atom.